The molecule has 21 heavy (non-hydrogen) atoms. The number of rotatable bonds is 5. The van der Waals surface area contributed by atoms with E-state index >= 15 is 0 Å². The van der Waals surface area contributed by atoms with Gasteiger partial charge in [0.15, 0.2) is 0 Å². The van der Waals surface area contributed by atoms with Crippen LogP contribution in [-0.2, 0) is 12.8 Å². The van der Waals surface area contributed by atoms with Gasteiger partial charge in [-0.15, -0.1) is 11.8 Å². The first-order valence-corrected chi connectivity index (χ1v) is 8.23. The topological polar surface area (TPSA) is 21.3 Å². The van der Waals surface area contributed by atoms with Crippen molar-refractivity contribution in [1.29, 1.82) is 0 Å². The monoisotopic (exact) mass is 299 g/mol. The van der Waals surface area contributed by atoms with Crippen LogP contribution in [0.3, 0.4) is 0 Å². The van der Waals surface area contributed by atoms with Crippen molar-refractivity contribution in [1.82, 2.24) is 5.32 Å². The smallest absolute Gasteiger partial charge is 0.119 e. The maximum atomic E-state index is 5.32. The maximum Gasteiger partial charge on any atom is 0.119 e. The van der Waals surface area contributed by atoms with E-state index in [0.29, 0.717) is 11.3 Å². The zero-order valence-electron chi connectivity index (χ0n) is 12.5. The Labute approximate surface area is 130 Å². The van der Waals surface area contributed by atoms with Gasteiger partial charge < -0.3 is 10.1 Å². The minimum absolute atomic E-state index is 0.467. The Bertz CT molecular complexity index is 589. The highest BCUT2D eigenvalue weighted by atomic mass is 32.2. The predicted molar refractivity (Wildman–Crippen MR) is 89.3 cm³/mol. The number of benzene rings is 2. The first-order valence-electron chi connectivity index (χ1n) is 7.35. The first-order chi connectivity index (χ1) is 10.3. The fourth-order valence-electron chi connectivity index (χ4n) is 2.91. The number of ether oxygens (including phenoxy) is 1. The van der Waals surface area contributed by atoms with Crippen LogP contribution < -0.4 is 10.1 Å². The Morgan fingerprint density at radius 1 is 1.24 bits per heavy atom. The lowest BCUT2D eigenvalue weighted by Gasteiger charge is -2.22. The van der Waals surface area contributed by atoms with Gasteiger partial charge in [0.1, 0.15) is 5.75 Å². The average molecular weight is 299 g/mol. The number of hydrogen-bond donors (Lipinski definition) is 1. The molecule has 0 radical (unpaired) electrons. The summed E-state index contributed by atoms with van der Waals surface area (Å²) in [7, 11) is 3.78. The second-order valence-corrected chi connectivity index (χ2v) is 6.70. The quantitative estimate of drug-likeness (QED) is 0.912. The second-order valence-electron chi connectivity index (χ2n) is 5.42. The number of nitrogens with one attached hydrogen (secondary N) is 1. The van der Waals surface area contributed by atoms with Crippen molar-refractivity contribution < 1.29 is 4.74 Å². The third kappa shape index (κ3) is 3.25. The molecule has 0 spiro atoms. The van der Waals surface area contributed by atoms with Gasteiger partial charge in [-0.25, -0.2) is 0 Å². The third-order valence-corrected chi connectivity index (χ3v) is 5.53. The lowest BCUT2D eigenvalue weighted by molar-refractivity contribution is 0.413. The normalized spacial score (nSPS) is 18.3. The molecule has 1 aliphatic heterocycles. The van der Waals surface area contributed by atoms with Gasteiger partial charge in [-0.2, -0.15) is 0 Å². The molecule has 0 bridgehead atoms. The standard InChI is InChI=1S/C18H21NOS/c1-19-16(11-13-6-5-8-15(10-13)20-2)18-12-14-7-3-4-9-17(14)21-18/h3-10,16,18-19H,11-12H2,1-2H3. The molecule has 0 aromatic heterocycles. The summed E-state index contributed by atoms with van der Waals surface area (Å²) < 4.78 is 5.32. The van der Waals surface area contributed by atoms with Crippen molar-refractivity contribution in [2.45, 2.75) is 29.0 Å². The van der Waals surface area contributed by atoms with Crippen molar-refractivity contribution in [3.8, 4) is 5.75 Å². The molecule has 2 unspecified atom stereocenters. The molecule has 0 amide bonds. The molecule has 2 nitrogen and oxygen atoms in total. The summed E-state index contributed by atoms with van der Waals surface area (Å²) in [6, 6.07) is 17.6. The van der Waals surface area contributed by atoms with Crippen LogP contribution in [0.25, 0.3) is 0 Å². The van der Waals surface area contributed by atoms with E-state index in [1.165, 1.54) is 16.0 Å². The summed E-state index contributed by atoms with van der Waals surface area (Å²) in [4.78, 5) is 1.44. The molecule has 110 valence electrons. The lowest BCUT2D eigenvalue weighted by atomic mass is 9.99. The number of hydrogen-bond acceptors (Lipinski definition) is 3. The summed E-state index contributed by atoms with van der Waals surface area (Å²) in [5.74, 6) is 0.935. The highest BCUT2D eigenvalue weighted by Crippen LogP contribution is 2.38. The van der Waals surface area contributed by atoms with Crippen molar-refractivity contribution in [3.05, 3.63) is 59.7 Å². The number of likely N-dealkylation sites (N-methyl/N-ethyl adjacent to an activating group) is 1. The summed E-state index contributed by atoms with van der Waals surface area (Å²) in [5, 5.41) is 4.10. The Hall–Kier alpha value is -1.45. The molecule has 1 N–H and O–H groups in total. The largest absolute Gasteiger partial charge is 0.497 e. The fourth-order valence-corrected chi connectivity index (χ4v) is 4.35. The minimum atomic E-state index is 0.467. The highest BCUT2D eigenvalue weighted by Gasteiger charge is 2.28. The van der Waals surface area contributed by atoms with Crippen molar-refractivity contribution >= 4 is 11.8 Å². The van der Waals surface area contributed by atoms with E-state index < -0.39 is 0 Å². The molecule has 0 saturated carbocycles. The van der Waals surface area contributed by atoms with Crippen molar-refractivity contribution in [2.75, 3.05) is 14.2 Å². The molecule has 3 rings (SSSR count). The Morgan fingerprint density at radius 2 is 2.10 bits per heavy atom. The van der Waals surface area contributed by atoms with Crippen LogP contribution in [-0.4, -0.2) is 25.4 Å². The molecule has 0 fully saturated rings. The summed E-state index contributed by atoms with van der Waals surface area (Å²) in [5.41, 5.74) is 2.81. The lowest BCUT2D eigenvalue weighted by Crippen LogP contribution is -2.37. The molecule has 2 aromatic carbocycles. The number of thioether (sulfide) groups is 1. The Balaban J connectivity index is 1.72. The van der Waals surface area contributed by atoms with E-state index in [0.717, 1.165) is 18.6 Å². The van der Waals surface area contributed by atoms with Crippen LogP contribution >= 0.6 is 11.8 Å². The summed E-state index contributed by atoms with van der Waals surface area (Å²) >= 11 is 2.00. The predicted octanol–water partition coefficient (Wildman–Crippen LogP) is 3.54. The summed E-state index contributed by atoms with van der Waals surface area (Å²) in [6.07, 6.45) is 2.18. The molecular formula is C18H21NOS. The van der Waals surface area contributed by atoms with E-state index in [1.807, 2.05) is 17.8 Å². The second kappa shape index (κ2) is 6.54. The third-order valence-electron chi connectivity index (χ3n) is 4.08. The van der Waals surface area contributed by atoms with Crippen LogP contribution in [0.15, 0.2) is 53.4 Å². The van der Waals surface area contributed by atoms with Crippen LogP contribution in [0.2, 0.25) is 0 Å². The average Bonchev–Trinajstić information content (AvgIpc) is 2.96. The van der Waals surface area contributed by atoms with Gasteiger partial charge >= 0.3 is 0 Å². The highest BCUT2D eigenvalue weighted by molar-refractivity contribution is 8.00. The Morgan fingerprint density at radius 3 is 2.86 bits per heavy atom. The molecule has 2 aromatic rings. The minimum Gasteiger partial charge on any atom is -0.497 e. The van der Waals surface area contributed by atoms with Gasteiger partial charge in [0.05, 0.1) is 7.11 Å². The SMILES string of the molecule is CNC(Cc1cccc(OC)c1)C1Cc2ccccc2S1. The van der Waals surface area contributed by atoms with E-state index in [-0.39, 0.29) is 0 Å². The van der Waals surface area contributed by atoms with E-state index in [4.69, 9.17) is 4.74 Å². The van der Waals surface area contributed by atoms with Crippen LogP contribution in [0, 0.1) is 0 Å². The molecule has 2 atom stereocenters. The first kappa shape index (κ1) is 14.5. The number of fused-ring (bicyclic) bond motifs is 1. The van der Waals surface area contributed by atoms with Gasteiger partial charge in [0.2, 0.25) is 0 Å². The van der Waals surface area contributed by atoms with Gasteiger partial charge in [0.25, 0.3) is 0 Å². The van der Waals surface area contributed by atoms with Gasteiger partial charge in [-0.1, -0.05) is 30.3 Å². The molecule has 3 heteroatoms. The molecule has 1 heterocycles. The van der Waals surface area contributed by atoms with Crippen molar-refractivity contribution in [2.24, 2.45) is 0 Å². The Kier molecular flexibility index (Phi) is 4.51. The zero-order chi connectivity index (χ0) is 14.7. The molecule has 1 aliphatic rings. The number of methoxy groups -OCH3 is 1. The van der Waals surface area contributed by atoms with Crippen molar-refractivity contribution in [3.63, 3.8) is 0 Å². The van der Waals surface area contributed by atoms with E-state index in [1.54, 1.807) is 7.11 Å². The van der Waals surface area contributed by atoms with Crippen LogP contribution in [0.1, 0.15) is 11.1 Å². The van der Waals surface area contributed by atoms with Gasteiger partial charge in [0, 0.05) is 16.2 Å². The van der Waals surface area contributed by atoms with E-state index in [9.17, 15) is 0 Å². The van der Waals surface area contributed by atoms with E-state index in [2.05, 4.69) is 54.8 Å². The molecule has 0 aliphatic carbocycles. The summed E-state index contributed by atoms with van der Waals surface area (Å²) in [6.45, 7) is 0. The van der Waals surface area contributed by atoms with Gasteiger partial charge in [-0.3, -0.25) is 0 Å². The molecular weight excluding hydrogens is 278 g/mol. The fraction of sp³-hybridized carbons (Fsp3) is 0.333. The van der Waals surface area contributed by atoms with Gasteiger partial charge in [-0.05, 0) is 49.2 Å². The van der Waals surface area contributed by atoms with Crippen LogP contribution in [0.4, 0.5) is 0 Å². The zero-order valence-corrected chi connectivity index (χ0v) is 13.3. The van der Waals surface area contributed by atoms with Crippen LogP contribution in [0.5, 0.6) is 5.75 Å². The maximum absolute atomic E-state index is 5.32. The molecule has 0 saturated heterocycles.